The van der Waals surface area contributed by atoms with Gasteiger partial charge in [-0.05, 0) is 29.3 Å². The van der Waals surface area contributed by atoms with Crippen molar-refractivity contribution in [3.05, 3.63) is 101 Å². The van der Waals surface area contributed by atoms with Crippen molar-refractivity contribution < 1.29 is 14.6 Å². The quantitative estimate of drug-likeness (QED) is 0.660. The molecule has 0 heterocycles. The summed E-state index contributed by atoms with van der Waals surface area (Å²) in [5.74, 6) is -0.220. The zero-order valence-corrected chi connectivity index (χ0v) is 15.0. The topological polar surface area (TPSA) is 46.5 Å². The van der Waals surface area contributed by atoms with E-state index in [-0.39, 0.29) is 17.6 Å². The van der Waals surface area contributed by atoms with E-state index in [4.69, 9.17) is 4.74 Å². The first-order valence-electron chi connectivity index (χ1n) is 8.58. The third-order valence-corrected chi connectivity index (χ3v) is 4.71. The van der Waals surface area contributed by atoms with E-state index in [9.17, 15) is 9.90 Å². The van der Waals surface area contributed by atoms with E-state index >= 15 is 0 Å². The first-order chi connectivity index (χ1) is 12.5. The summed E-state index contributed by atoms with van der Waals surface area (Å²) in [5.41, 5.74) is 3.28. The zero-order chi connectivity index (χ0) is 18.6. The SMILES string of the molecule is CC(C)(c1ccccc1)c1ccc(OCc2ccccc2C(=O)O)cc1. The average Bonchev–Trinajstić information content (AvgIpc) is 2.67. The number of carboxylic acids is 1. The molecule has 0 bridgehead atoms. The summed E-state index contributed by atoms with van der Waals surface area (Å²) < 4.78 is 5.79. The van der Waals surface area contributed by atoms with Gasteiger partial charge in [0.1, 0.15) is 12.4 Å². The minimum atomic E-state index is -0.941. The van der Waals surface area contributed by atoms with Gasteiger partial charge in [-0.25, -0.2) is 4.79 Å². The van der Waals surface area contributed by atoms with Crippen molar-refractivity contribution >= 4 is 5.97 Å². The molecule has 0 atom stereocenters. The third kappa shape index (κ3) is 3.77. The molecule has 3 nitrogen and oxygen atoms in total. The number of carbonyl (C=O) groups is 1. The Balaban J connectivity index is 1.74. The van der Waals surface area contributed by atoms with Crippen LogP contribution in [0.15, 0.2) is 78.9 Å². The molecule has 132 valence electrons. The van der Waals surface area contributed by atoms with E-state index in [1.165, 1.54) is 11.1 Å². The lowest BCUT2D eigenvalue weighted by Crippen LogP contribution is -2.18. The zero-order valence-electron chi connectivity index (χ0n) is 15.0. The number of carboxylic acid groups (broad SMARTS) is 1. The normalized spacial score (nSPS) is 11.2. The van der Waals surface area contributed by atoms with Crippen LogP contribution < -0.4 is 4.74 Å². The number of hydrogen-bond acceptors (Lipinski definition) is 2. The molecule has 0 aliphatic rings. The maximum absolute atomic E-state index is 11.3. The summed E-state index contributed by atoms with van der Waals surface area (Å²) in [6.07, 6.45) is 0. The van der Waals surface area contributed by atoms with E-state index in [2.05, 4.69) is 50.2 Å². The molecule has 26 heavy (non-hydrogen) atoms. The number of benzene rings is 3. The first-order valence-corrected chi connectivity index (χ1v) is 8.58. The van der Waals surface area contributed by atoms with Gasteiger partial charge in [0.15, 0.2) is 0 Å². The largest absolute Gasteiger partial charge is 0.489 e. The van der Waals surface area contributed by atoms with Crippen LogP contribution in [0.4, 0.5) is 0 Å². The molecule has 0 aliphatic carbocycles. The van der Waals surface area contributed by atoms with Gasteiger partial charge in [0, 0.05) is 11.0 Å². The Hall–Kier alpha value is -3.07. The number of ether oxygens (including phenoxy) is 1. The summed E-state index contributed by atoms with van der Waals surface area (Å²) >= 11 is 0. The Morgan fingerprint density at radius 1 is 0.846 bits per heavy atom. The molecule has 0 saturated carbocycles. The van der Waals surface area contributed by atoms with Crippen molar-refractivity contribution in [2.75, 3.05) is 0 Å². The Kier molecular flexibility index (Phi) is 5.08. The van der Waals surface area contributed by atoms with Gasteiger partial charge >= 0.3 is 5.97 Å². The van der Waals surface area contributed by atoms with Crippen molar-refractivity contribution in [3.8, 4) is 5.75 Å². The summed E-state index contributed by atoms with van der Waals surface area (Å²) in [6, 6.07) is 25.3. The van der Waals surface area contributed by atoms with Gasteiger partial charge in [-0.1, -0.05) is 74.5 Å². The highest BCUT2D eigenvalue weighted by Crippen LogP contribution is 2.32. The van der Waals surface area contributed by atoms with E-state index in [1.54, 1.807) is 18.2 Å². The van der Waals surface area contributed by atoms with Crippen LogP contribution >= 0.6 is 0 Å². The van der Waals surface area contributed by atoms with Crippen LogP contribution in [0.5, 0.6) is 5.75 Å². The van der Waals surface area contributed by atoms with Gasteiger partial charge in [-0.3, -0.25) is 0 Å². The van der Waals surface area contributed by atoms with Crippen molar-refractivity contribution in [2.45, 2.75) is 25.9 Å². The molecular formula is C23H22O3. The molecule has 0 saturated heterocycles. The molecule has 0 fully saturated rings. The lowest BCUT2D eigenvalue weighted by Gasteiger charge is -2.26. The number of rotatable bonds is 6. The Morgan fingerprint density at radius 2 is 1.42 bits per heavy atom. The second-order valence-electron chi connectivity index (χ2n) is 6.77. The van der Waals surface area contributed by atoms with E-state index in [0.29, 0.717) is 5.56 Å². The van der Waals surface area contributed by atoms with E-state index in [0.717, 1.165) is 5.75 Å². The van der Waals surface area contributed by atoms with Crippen LogP contribution in [-0.2, 0) is 12.0 Å². The Morgan fingerprint density at radius 3 is 2.08 bits per heavy atom. The van der Waals surface area contributed by atoms with Crippen LogP contribution in [0.25, 0.3) is 0 Å². The molecule has 0 aromatic heterocycles. The molecule has 0 aliphatic heterocycles. The summed E-state index contributed by atoms with van der Waals surface area (Å²) in [4.78, 5) is 11.3. The fraction of sp³-hybridized carbons (Fsp3) is 0.174. The first kappa shape index (κ1) is 17.7. The van der Waals surface area contributed by atoms with Crippen LogP contribution in [0.2, 0.25) is 0 Å². The summed E-state index contributed by atoms with van der Waals surface area (Å²) in [6.45, 7) is 4.62. The predicted molar refractivity (Wildman–Crippen MR) is 103 cm³/mol. The maximum Gasteiger partial charge on any atom is 0.336 e. The highest BCUT2D eigenvalue weighted by Gasteiger charge is 2.22. The van der Waals surface area contributed by atoms with Gasteiger partial charge in [-0.2, -0.15) is 0 Å². The molecular weight excluding hydrogens is 324 g/mol. The molecule has 3 aromatic carbocycles. The second kappa shape index (κ2) is 7.44. The second-order valence-corrected chi connectivity index (χ2v) is 6.77. The van der Waals surface area contributed by atoms with E-state index < -0.39 is 5.97 Å². The fourth-order valence-electron chi connectivity index (χ4n) is 3.01. The Labute approximate surface area is 153 Å². The van der Waals surface area contributed by atoms with Gasteiger partial charge in [0.05, 0.1) is 5.56 Å². The van der Waals surface area contributed by atoms with Crippen LogP contribution in [0, 0.1) is 0 Å². The lowest BCUT2D eigenvalue weighted by atomic mass is 9.78. The van der Waals surface area contributed by atoms with Crippen molar-refractivity contribution in [2.24, 2.45) is 0 Å². The van der Waals surface area contributed by atoms with Gasteiger partial charge in [0.25, 0.3) is 0 Å². The minimum Gasteiger partial charge on any atom is -0.489 e. The molecule has 3 heteroatoms. The minimum absolute atomic E-state index is 0.101. The van der Waals surface area contributed by atoms with Gasteiger partial charge in [0.2, 0.25) is 0 Å². The van der Waals surface area contributed by atoms with E-state index in [1.807, 2.05) is 24.3 Å². The monoisotopic (exact) mass is 346 g/mol. The lowest BCUT2D eigenvalue weighted by molar-refractivity contribution is 0.0694. The highest BCUT2D eigenvalue weighted by atomic mass is 16.5. The maximum atomic E-state index is 11.3. The average molecular weight is 346 g/mol. The molecule has 1 N–H and O–H groups in total. The molecule has 0 spiro atoms. The number of aromatic carboxylic acids is 1. The van der Waals surface area contributed by atoms with Gasteiger partial charge < -0.3 is 9.84 Å². The number of hydrogen-bond donors (Lipinski definition) is 1. The van der Waals surface area contributed by atoms with Crippen molar-refractivity contribution in [1.29, 1.82) is 0 Å². The smallest absolute Gasteiger partial charge is 0.336 e. The van der Waals surface area contributed by atoms with Crippen LogP contribution in [0.1, 0.15) is 40.9 Å². The van der Waals surface area contributed by atoms with Gasteiger partial charge in [-0.15, -0.1) is 0 Å². The molecule has 0 unspecified atom stereocenters. The summed E-state index contributed by atoms with van der Waals surface area (Å²) in [7, 11) is 0. The molecule has 0 amide bonds. The fourth-order valence-corrected chi connectivity index (χ4v) is 3.01. The highest BCUT2D eigenvalue weighted by molar-refractivity contribution is 5.89. The predicted octanol–water partition coefficient (Wildman–Crippen LogP) is 5.29. The Bertz CT molecular complexity index is 881. The van der Waals surface area contributed by atoms with Crippen LogP contribution in [-0.4, -0.2) is 11.1 Å². The van der Waals surface area contributed by atoms with Crippen molar-refractivity contribution in [1.82, 2.24) is 0 Å². The van der Waals surface area contributed by atoms with Crippen LogP contribution in [0.3, 0.4) is 0 Å². The third-order valence-electron chi connectivity index (χ3n) is 4.71. The molecule has 0 radical (unpaired) electrons. The standard InChI is InChI=1S/C23H22O3/c1-23(2,18-9-4-3-5-10-18)19-12-14-20(15-13-19)26-16-17-8-6-7-11-21(17)22(24)25/h3-15H,16H2,1-2H3,(H,24,25). The molecule has 3 rings (SSSR count). The molecule has 3 aromatic rings. The van der Waals surface area contributed by atoms with Crippen molar-refractivity contribution in [3.63, 3.8) is 0 Å². The summed E-state index contributed by atoms with van der Waals surface area (Å²) in [5, 5.41) is 9.24.